The normalized spacial score (nSPS) is 14.0. The molecule has 0 bridgehead atoms. The Morgan fingerprint density at radius 2 is 1.73 bits per heavy atom. The summed E-state index contributed by atoms with van der Waals surface area (Å²) in [4.78, 5) is 17.6. The molecule has 0 aromatic heterocycles. The van der Waals surface area contributed by atoms with Gasteiger partial charge in [-0.1, -0.05) is 50.1 Å². The Balaban J connectivity index is 1.93. The summed E-state index contributed by atoms with van der Waals surface area (Å²) >= 11 is 6.17. The van der Waals surface area contributed by atoms with Gasteiger partial charge in [-0.15, -0.1) is 0 Å². The van der Waals surface area contributed by atoms with Crippen LogP contribution in [0.5, 0.6) is 0 Å². The van der Waals surface area contributed by atoms with Gasteiger partial charge < -0.3 is 5.32 Å². The minimum atomic E-state index is -4.55. The third-order valence-electron chi connectivity index (χ3n) is 7.57. The number of carbonyl (C=O) groups is 1. The van der Waals surface area contributed by atoms with E-state index in [1.807, 2.05) is 19.9 Å². The number of nitrogens with zero attached hydrogens (tertiary/aromatic N) is 2. The number of hydrogen-bond donors (Lipinski definition) is 2. The van der Waals surface area contributed by atoms with Crippen LogP contribution in [0.15, 0.2) is 65.7 Å². The van der Waals surface area contributed by atoms with Crippen LogP contribution in [-0.2, 0) is 12.7 Å². The van der Waals surface area contributed by atoms with Gasteiger partial charge in [0.2, 0.25) is 0 Å². The van der Waals surface area contributed by atoms with E-state index in [0.717, 1.165) is 35.9 Å². The van der Waals surface area contributed by atoms with Crippen molar-refractivity contribution >= 4 is 23.5 Å². The number of alkyl halides is 3. The van der Waals surface area contributed by atoms with E-state index in [1.165, 1.54) is 18.2 Å². The monoisotopic (exact) mass is 632 g/mol. The Morgan fingerprint density at radius 3 is 2.30 bits per heavy atom. The zero-order chi connectivity index (χ0) is 32.4. The van der Waals surface area contributed by atoms with Crippen LogP contribution in [0.1, 0.15) is 78.1 Å². The van der Waals surface area contributed by atoms with Crippen molar-refractivity contribution in [2.24, 2.45) is 10.9 Å². The molecule has 0 saturated heterocycles. The highest BCUT2D eigenvalue weighted by Crippen LogP contribution is 2.35. The third kappa shape index (κ3) is 9.52. The Bertz CT molecular complexity index is 1500. The van der Waals surface area contributed by atoms with Gasteiger partial charge >= 0.3 is 6.18 Å². The number of amides is 1. The molecule has 44 heavy (non-hydrogen) atoms. The van der Waals surface area contributed by atoms with Gasteiger partial charge in [0.15, 0.2) is 5.96 Å². The molecule has 0 aliphatic heterocycles. The van der Waals surface area contributed by atoms with E-state index >= 15 is 0 Å². The molecule has 1 amide bonds. The topological polar surface area (TPSA) is 77.3 Å². The molecule has 0 aliphatic carbocycles. The minimum absolute atomic E-state index is 0.0200. The standard InChI is InChI=1S/C33H34ClF5N4O/c1-4-21(14-15-40)28(23-7-6-20(3)30(36)16-23)18-27(5-2)42-32(41-19-24-10-13-26(35)17-29(24)34)43-31(44)22-8-11-25(12-9-22)33(37,38)39/h6-13,16-17,21,27-28H,4-5,14,18-19H2,1-3H3,(H2,41,42,43,44). The molecule has 0 spiro atoms. The summed E-state index contributed by atoms with van der Waals surface area (Å²) in [5.74, 6) is -1.81. The molecule has 234 valence electrons. The van der Waals surface area contributed by atoms with Crippen LogP contribution in [0.3, 0.4) is 0 Å². The van der Waals surface area contributed by atoms with Crippen molar-refractivity contribution in [3.8, 4) is 6.07 Å². The number of nitrogens with one attached hydrogen (secondary N) is 2. The van der Waals surface area contributed by atoms with E-state index in [-0.39, 0.29) is 53.2 Å². The second kappa shape index (κ2) is 15.7. The maximum atomic E-state index is 14.6. The summed E-state index contributed by atoms with van der Waals surface area (Å²) in [6.07, 6.45) is -2.59. The fraction of sp³-hybridized carbons (Fsp3) is 0.364. The van der Waals surface area contributed by atoms with E-state index in [4.69, 9.17) is 11.6 Å². The van der Waals surface area contributed by atoms with Crippen LogP contribution in [0, 0.1) is 35.8 Å². The molecule has 3 atom stereocenters. The highest BCUT2D eigenvalue weighted by molar-refractivity contribution is 6.31. The maximum absolute atomic E-state index is 14.6. The first-order valence-corrected chi connectivity index (χ1v) is 14.6. The van der Waals surface area contributed by atoms with Crippen LogP contribution in [0.4, 0.5) is 22.0 Å². The predicted molar refractivity (Wildman–Crippen MR) is 161 cm³/mol. The lowest BCUT2D eigenvalue weighted by Crippen LogP contribution is -2.46. The van der Waals surface area contributed by atoms with Crippen LogP contribution in [-0.4, -0.2) is 17.9 Å². The molecular formula is C33H34ClF5N4O. The average molecular weight is 633 g/mol. The minimum Gasteiger partial charge on any atom is -0.353 e. The molecule has 0 radical (unpaired) electrons. The van der Waals surface area contributed by atoms with Crippen molar-refractivity contribution in [1.82, 2.24) is 10.6 Å². The molecule has 5 nitrogen and oxygen atoms in total. The van der Waals surface area contributed by atoms with Gasteiger partial charge in [0.25, 0.3) is 5.91 Å². The van der Waals surface area contributed by atoms with E-state index in [1.54, 1.807) is 13.0 Å². The molecule has 11 heteroatoms. The van der Waals surface area contributed by atoms with Gasteiger partial charge in [0.05, 0.1) is 18.2 Å². The number of aryl methyl sites for hydroxylation is 1. The highest BCUT2D eigenvalue weighted by Gasteiger charge is 2.30. The van der Waals surface area contributed by atoms with Crippen molar-refractivity contribution in [3.63, 3.8) is 0 Å². The molecule has 0 heterocycles. The molecule has 3 aromatic carbocycles. The fourth-order valence-electron chi connectivity index (χ4n) is 4.88. The van der Waals surface area contributed by atoms with Crippen molar-refractivity contribution in [3.05, 3.63) is 105 Å². The second-order valence-corrected chi connectivity index (χ2v) is 11.0. The summed E-state index contributed by atoms with van der Waals surface area (Å²) in [6, 6.07) is 14.6. The van der Waals surface area contributed by atoms with Gasteiger partial charge in [-0.25, -0.2) is 13.8 Å². The molecule has 3 rings (SSSR count). The summed E-state index contributed by atoms with van der Waals surface area (Å²) in [5, 5.41) is 15.5. The fourth-order valence-corrected chi connectivity index (χ4v) is 5.11. The van der Waals surface area contributed by atoms with Crippen molar-refractivity contribution in [2.75, 3.05) is 0 Å². The van der Waals surface area contributed by atoms with Gasteiger partial charge in [-0.05, 0) is 90.8 Å². The number of carbonyl (C=O) groups excluding carboxylic acids is 1. The first-order valence-electron chi connectivity index (χ1n) is 14.2. The van der Waals surface area contributed by atoms with Crippen LogP contribution in [0.25, 0.3) is 0 Å². The zero-order valence-electron chi connectivity index (χ0n) is 24.6. The van der Waals surface area contributed by atoms with E-state index in [0.29, 0.717) is 30.4 Å². The summed E-state index contributed by atoms with van der Waals surface area (Å²) in [6.45, 7) is 5.52. The first kappa shape index (κ1) is 34.5. The molecule has 2 N–H and O–H groups in total. The zero-order valence-corrected chi connectivity index (χ0v) is 25.4. The Morgan fingerprint density at radius 1 is 1.02 bits per heavy atom. The molecule has 3 aromatic rings. The number of rotatable bonds is 11. The molecule has 3 unspecified atom stereocenters. The lowest BCUT2D eigenvalue weighted by atomic mass is 9.78. The average Bonchev–Trinajstić information content (AvgIpc) is 2.98. The van der Waals surface area contributed by atoms with Crippen LogP contribution >= 0.6 is 11.6 Å². The first-order chi connectivity index (χ1) is 20.9. The smallest absolute Gasteiger partial charge is 0.353 e. The van der Waals surface area contributed by atoms with Crippen LogP contribution < -0.4 is 10.6 Å². The number of benzene rings is 3. The Labute approximate surface area is 259 Å². The number of nitriles is 1. The number of halogens is 6. The summed E-state index contributed by atoms with van der Waals surface area (Å²) in [5.41, 5.74) is 0.830. The molecule has 0 saturated carbocycles. The SMILES string of the molecule is CCC(CC(c1ccc(C)c(F)c1)C(CC)CC#N)NC(=NCc1ccc(F)cc1Cl)NC(=O)c1ccc(C(F)(F)F)cc1. The van der Waals surface area contributed by atoms with Gasteiger partial charge in [0.1, 0.15) is 11.6 Å². The predicted octanol–water partition coefficient (Wildman–Crippen LogP) is 8.71. The highest BCUT2D eigenvalue weighted by atomic mass is 35.5. The van der Waals surface area contributed by atoms with E-state index in [2.05, 4.69) is 21.7 Å². The Kier molecular flexibility index (Phi) is 12.3. The van der Waals surface area contributed by atoms with Crippen LogP contribution in [0.2, 0.25) is 5.02 Å². The lowest BCUT2D eigenvalue weighted by Gasteiger charge is -2.30. The number of aliphatic imine (C=N–C) groups is 1. The summed E-state index contributed by atoms with van der Waals surface area (Å²) < 4.78 is 67.3. The van der Waals surface area contributed by atoms with Crippen molar-refractivity contribution in [2.45, 2.75) is 71.1 Å². The van der Waals surface area contributed by atoms with Crippen molar-refractivity contribution < 1.29 is 26.7 Å². The summed E-state index contributed by atoms with van der Waals surface area (Å²) in [7, 11) is 0. The third-order valence-corrected chi connectivity index (χ3v) is 7.92. The Hall–Kier alpha value is -3.97. The molecule has 0 aliphatic rings. The van der Waals surface area contributed by atoms with E-state index < -0.39 is 23.5 Å². The van der Waals surface area contributed by atoms with Gasteiger partial charge in [-0.2, -0.15) is 18.4 Å². The number of guanidine groups is 1. The lowest BCUT2D eigenvalue weighted by molar-refractivity contribution is -0.137. The number of hydrogen-bond acceptors (Lipinski definition) is 3. The maximum Gasteiger partial charge on any atom is 0.416 e. The molecular weight excluding hydrogens is 599 g/mol. The van der Waals surface area contributed by atoms with Gasteiger partial charge in [0, 0.05) is 23.0 Å². The second-order valence-electron chi connectivity index (χ2n) is 10.6. The largest absolute Gasteiger partial charge is 0.416 e. The van der Waals surface area contributed by atoms with Crippen molar-refractivity contribution in [1.29, 1.82) is 5.26 Å². The van der Waals surface area contributed by atoms with Gasteiger partial charge in [-0.3, -0.25) is 10.1 Å². The van der Waals surface area contributed by atoms with E-state index in [9.17, 15) is 32.0 Å². The quantitative estimate of drug-likeness (QED) is 0.126. The molecule has 0 fully saturated rings.